The molecule has 0 radical (unpaired) electrons. The second kappa shape index (κ2) is 5.03. The van der Waals surface area contributed by atoms with Gasteiger partial charge in [0.05, 0.1) is 0 Å². The molecule has 0 spiro atoms. The number of hydrogen-bond donors (Lipinski definition) is 1. The molecular formula is C14H13F2NO3. The van der Waals surface area contributed by atoms with E-state index >= 15 is 0 Å². The maximum Gasteiger partial charge on any atom is 0.374 e. The highest BCUT2D eigenvalue weighted by molar-refractivity contribution is 5.86. The number of aromatic carboxylic acids is 1. The molecule has 20 heavy (non-hydrogen) atoms. The Morgan fingerprint density at radius 1 is 1.25 bits per heavy atom. The van der Waals surface area contributed by atoms with E-state index in [0.29, 0.717) is 5.56 Å². The molecule has 0 fully saturated rings. The van der Waals surface area contributed by atoms with Crippen LogP contribution in [0.5, 0.6) is 0 Å². The van der Waals surface area contributed by atoms with Crippen LogP contribution in [0.1, 0.15) is 39.4 Å². The highest BCUT2D eigenvalue weighted by Crippen LogP contribution is 2.32. The molecule has 2 rings (SSSR count). The van der Waals surface area contributed by atoms with E-state index < -0.39 is 23.8 Å². The number of carboxylic acid groups (broad SMARTS) is 1. The Morgan fingerprint density at radius 2 is 1.80 bits per heavy atom. The molecule has 0 aliphatic carbocycles. The number of aromatic nitrogens is 1. The zero-order valence-corrected chi connectivity index (χ0v) is 11.2. The van der Waals surface area contributed by atoms with Crippen LogP contribution in [0.15, 0.2) is 16.5 Å². The zero-order valence-electron chi connectivity index (χ0n) is 11.2. The van der Waals surface area contributed by atoms with E-state index in [1.165, 1.54) is 0 Å². The number of rotatable bonds is 3. The molecule has 1 aromatic carbocycles. The summed E-state index contributed by atoms with van der Waals surface area (Å²) in [6, 6.07) is 3.71. The molecule has 0 aliphatic heterocycles. The fourth-order valence-corrected chi connectivity index (χ4v) is 2.26. The fourth-order valence-electron chi connectivity index (χ4n) is 2.26. The molecule has 6 heteroatoms. The van der Waals surface area contributed by atoms with Crippen LogP contribution in [-0.2, 0) is 0 Å². The first-order chi connectivity index (χ1) is 9.31. The Morgan fingerprint density at radius 3 is 2.20 bits per heavy atom. The van der Waals surface area contributed by atoms with Gasteiger partial charge in [-0.1, -0.05) is 17.7 Å². The molecule has 1 aromatic heterocycles. The van der Waals surface area contributed by atoms with Crippen molar-refractivity contribution in [3.8, 4) is 11.5 Å². The second-order valence-corrected chi connectivity index (χ2v) is 4.61. The number of carboxylic acids is 1. The topological polar surface area (TPSA) is 63.3 Å². The van der Waals surface area contributed by atoms with Gasteiger partial charge in [-0.3, -0.25) is 0 Å². The van der Waals surface area contributed by atoms with Gasteiger partial charge in [0.15, 0.2) is 5.69 Å². The summed E-state index contributed by atoms with van der Waals surface area (Å²) in [6.07, 6.45) is -3.00. The van der Waals surface area contributed by atoms with Crippen LogP contribution >= 0.6 is 0 Å². The third kappa shape index (κ3) is 2.41. The van der Waals surface area contributed by atoms with E-state index in [1.807, 2.05) is 19.1 Å². The van der Waals surface area contributed by atoms with Gasteiger partial charge in [0.25, 0.3) is 6.43 Å². The number of aryl methyl sites for hydroxylation is 3. The number of nitrogens with zero attached hydrogens (tertiary/aromatic N) is 1. The van der Waals surface area contributed by atoms with Crippen molar-refractivity contribution in [3.05, 3.63) is 40.3 Å². The summed E-state index contributed by atoms with van der Waals surface area (Å²) < 4.78 is 30.6. The Balaban J connectivity index is 2.66. The van der Waals surface area contributed by atoms with Crippen LogP contribution in [0, 0.1) is 20.8 Å². The van der Waals surface area contributed by atoms with Crippen molar-refractivity contribution in [3.63, 3.8) is 0 Å². The van der Waals surface area contributed by atoms with Gasteiger partial charge in [-0.15, -0.1) is 0 Å². The molecule has 0 amide bonds. The van der Waals surface area contributed by atoms with E-state index in [2.05, 4.69) is 4.98 Å². The van der Waals surface area contributed by atoms with Crippen molar-refractivity contribution in [2.45, 2.75) is 27.2 Å². The van der Waals surface area contributed by atoms with Crippen molar-refractivity contribution in [1.82, 2.24) is 4.98 Å². The summed E-state index contributed by atoms with van der Waals surface area (Å²) in [5, 5.41) is 8.89. The average molecular weight is 281 g/mol. The third-order valence-corrected chi connectivity index (χ3v) is 2.95. The largest absolute Gasteiger partial charge is 0.475 e. The van der Waals surface area contributed by atoms with Gasteiger partial charge >= 0.3 is 5.97 Å². The first-order valence-electron chi connectivity index (χ1n) is 5.91. The first kappa shape index (κ1) is 14.2. The smallest absolute Gasteiger partial charge is 0.374 e. The number of alkyl halides is 2. The quantitative estimate of drug-likeness (QED) is 0.926. The van der Waals surface area contributed by atoms with E-state index in [-0.39, 0.29) is 5.89 Å². The summed E-state index contributed by atoms with van der Waals surface area (Å²) in [7, 11) is 0. The SMILES string of the molecule is Cc1cc(C)c(-c2nc(C(F)F)c(C(=O)O)o2)c(C)c1. The highest BCUT2D eigenvalue weighted by atomic mass is 19.3. The minimum absolute atomic E-state index is 0.0901. The number of oxazole rings is 1. The van der Waals surface area contributed by atoms with Crippen LogP contribution in [0.3, 0.4) is 0 Å². The normalized spacial score (nSPS) is 11.1. The first-order valence-corrected chi connectivity index (χ1v) is 5.91. The van der Waals surface area contributed by atoms with Crippen LogP contribution < -0.4 is 0 Å². The molecule has 106 valence electrons. The third-order valence-electron chi connectivity index (χ3n) is 2.95. The van der Waals surface area contributed by atoms with Gasteiger partial charge in [-0.05, 0) is 31.9 Å². The lowest BCUT2D eigenvalue weighted by Gasteiger charge is -2.07. The van der Waals surface area contributed by atoms with Crippen molar-refractivity contribution >= 4 is 5.97 Å². The monoisotopic (exact) mass is 281 g/mol. The molecule has 4 nitrogen and oxygen atoms in total. The average Bonchev–Trinajstić information content (AvgIpc) is 2.72. The molecule has 0 aliphatic rings. The van der Waals surface area contributed by atoms with Crippen LogP contribution in [-0.4, -0.2) is 16.1 Å². The van der Waals surface area contributed by atoms with E-state index in [1.54, 1.807) is 13.8 Å². The second-order valence-electron chi connectivity index (χ2n) is 4.61. The zero-order chi connectivity index (χ0) is 15.0. The van der Waals surface area contributed by atoms with Crippen LogP contribution in [0.25, 0.3) is 11.5 Å². The van der Waals surface area contributed by atoms with Gasteiger partial charge in [-0.2, -0.15) is 0 Å². The molecule has 1 heterocycles. The van der Waals surface area contributed by atoms with Crippen molar-refractivity contribution in [2.24, 2.45) is 0 Å². The summed E-state index contributed by atoms with van der Waals surface area (Å²) >= 11 is 0. The highest BCUT2D eigenvalue weighted by Gasteiger charge is 2.27. The molecule has 0 saturated heterocycles. The Labute approximate surface area is 114 Å². The van der Waals surface area contributed by atoms with E-state index in [0.717, 1.165) is 16.7 Å². The molecule has 0 unspecified atom stereocenters. The Kier molecular flexibility index (Phi) is 3.57. The minimum Gasteiger partial charge on any atom is -0.475 e. The van der Waals surface area contributed by atoms with Gasteiger partial charge in [0.1, 0.15) is 0 Å². The van der Waals surface area contributed by atoms with Gasteiger partial charge in [0.2, 0.25) is 11.7 Å². The molecule has 0 bridgehead atoms. The van der Waals surface area contributed by atoms with Crippen molar-refractivity contribution < 1.29 is 23.1 Å². The van der Waals surface area contributed by atoms with E-state index in [4.69, 9.17) is 9.52 Å². The molecular weight excluding hydrogens is 268 g/mol. The van der Waals surface area contributed by atoms with Gasteiger partial charge in [0, 0.05) is 5.56 Å². The van der Waals surface area contributed by atoms with Gasteiger partial charge < -0.3 is 9.52 Å². The molecule has 2 aromatic rings. The lowest BCUT2D eigenvalue weighted by atomic mass is 10.00. The van der Waals surface area contributed by atoms with Gasteiger partial charge in [-0.25, -0.2) is 18.6 Å². The van der Waals surface area contributed by atoms with Crippen LogP contribution in [0.2, 0.25) is 0 Å². The lowest BCUT2D eigenvalue weighted by molar-refractivity contribution is 0.0647. The summed E-state index contributed by atoms with van der Waals surface area (Å²) in [4.78, 5) is 14.6. The maximum atomic E-state index is 12.8. The molecule has 1 N–H and O–H groups in total. The molecule has 0 atom stereocenters. The Bertz CT molecular complexity index is 654. The van der Waals surface area contributed by atoms with Crippen molar-refractivity contribution in [1.29, 1.82) is 0 Å². The van der Waals surface area contributed by atoms with E-state index in [9.17, 15) is 13.6 Å². The summed E-state index contributed by atoms with van der Waals surface area (Å²) in [5.41, 5.74) is 2.31. The predicted octanol–water partition coefficient (Wildman–Crippen LogP) is 3.90. The number of hydrogen-bond acceptors (Lipinski definition) is 3. The van der Waals surface area contributed by atoms with Crippen molar-refractivity contribution in [2.75, 3.05) is 0 Å². The minimum atomic E-state index is -3.00. The Hall–Kier alpha value is -2.24. The predicted molar refractivity (Wildman–Crippen MR) is 68.1 cm³/mol. The fraction of sp³-hybridized carbons (Fsp3) is 0.286. The van der Waals surface area contributed by atoms with Crippen LogP contribution in [0.4, 0.5) is 8.78 Å². The number of benzene rings is 1. The summed E-state index contributed by atoms with van der Waals surface area (Å²) in [5.74, 6) is -2.46. The summed E-state index contributed by atoms with van der Waals surface area (Å²) in [6.45, 7) is 5.50. The number of carbonyl (C=O) groups is 1. The lowest BCUT2D eigenvalue weighted by Crippen LogP contribution is -1.99. The molecule has 0 saturated carbocycles. The number of halogens is 2. The maximum absolute atomic E-state index is 12.8. The standard InChI is InChI=1S/C14H13F2NO3/c1-6-4-7(2)9(8(3)5-6)13-17-10(12(15)16)11(20-13)14(18)19/h4-5,12H,1-3H3,(H,18,19).